The summed E-state index contributed by atoms with van der Waals surface area (Å²) in [6, 6.07) is 5.74. The van der Waals surface area contributed by atoms with E-state index in [0.29, 0.717) is 35.7 Å². The van der Waals surface area contributed by atoms with Crippen molar-refractivity contribution in [1.29, 1.82) is 0 Å². The third-order valence-electron chi connectivity index (χ3n) is 5.81. The quantitative estimate of drug-likeness (QED) is 0.293. The van der Waals surface area contributed by atoms with Crippen LogP contribution in [0, 0.1) is 5.21 Å². The van der Waals surface area contributed by atoms with Crippen LogP contribution >= 0.6 is 11.6 Å². The number of carbonyl (C=O) groups excluding carboxylic acids is 2. The number of fused-ring (bicyclic) bond motifs is 1. The van der Waals surface area contributed by atoms with Crippen LogP contribution in [0.1, 0.15) is 32.3 Å². The average Bonchev–Trinajstić information content (AvgIpc) is 3.22. The summed E-state index contributed by atoms with van der Waals surface area (Å²) in [5.41, 5.74) is -0.827. The van der Waals surface area contributed by atoms with Crippen molar-refractivity contribution in [2.45, 2.75) is 44.4 Å². The first kappa shape index (κ1) is 22.6. The van der Waals surface area contributed by atoms with Crippen molar-refractivity contribution in [3.05, 3.63) is 51.7 Å². The van der Waals surface area contributed by atoms with Crippen molar-refractivity contribution in [3.63, 3.8) is 0 Å². The molecule has 0 spiro atoms. The van der Waals surface area contributed by atoms with Crippen molar-refractivity contribution in [2.75, 3.05) is 26.2 Å². The van der Waals surface area contributed by atoms with Crippen LogP contribution in [-0.2, 0) is 19.9 Å². The number of amides is 1. The predicted molar refractivity (Wildman–Crippen MR) is 110 cm³/mol. The fourth-order valence-corrected chi connectivity index (χ4v) is 4.26. The van der Waals surface area contributed by atoms with Gasteiger partial charge in [-0.3, -0.25) is 0 Å². The SMILES string of the molecule is CCNC(=O)OC1CC[N+]2([O-])CC=C(COC(=O)C(O)(CC)c3ccc(Cl)cc3)C12. The van der Waals surface area contributed by atoms with Crippen LogP contribution in [0.2, 0.25) is 5.02 Å². The third kappa shape index (κ3) is 4.32. The van der Waals surface area contributed by atoms with Crippen molar-refractivity contribution in [2.24, 2.45) is 0 Å². The second-order valence-electron chi connectivity index (χ2n) is 7.64. The first-order chi connectivity index (χ1) is 14.2. The van der Waals surface area contributed by atoms with E-state index >= 15 is 0 Å². The summed E-state index contributed by atoms with van der Waals surface area (Å²) in [6.45, 7) is 4.30. The summed E-state index contributed by atoms with van der Waals surface area (Å²) < 4.78 is 10.3. The number of ether oxygens (including phenoxy) is 2. The number of alkyl carbamates (subject to hydrolysis) is 1. The number of carbonyl (C=O) groups is 2. The van der Waals surface area contributed by atoms with Crippen LogP contribution in [0.5, 0.6) is 0 Å². The number of benzene rings is 1. The molecule has 1 aromatic carbocycles. The molecular formula is C21H27ClN2O6. The van der Waals surface area contributed by atoms with E-state index in [1.165, 1.54) is 0 Å². The lowest BCUT2D eigenvalue weighted by Crippen LogP contribution is -2.48. The molecule has 4 atom stereocenters. The molecule has 2 N–H and O–H groups in total. The zero-order valence-electron chi connectivity index (χ0n) is 17.1. The number of nitrogens with zero attached hydrogens (tertiary/aromatic N) is 1. The van der Waals surface area contributed by atoms with E-state index in [4.69, 9.17) is 21.1 Å². The van der Waals surface area contributed by atoms with Gasteiger partial charge in [0.15, 0.2) is 17.7 Å². The summed E-state index contributed by atoms with van der Waals surface area (Å²) in [4.78, 5) is 24.6. The molecule has 3 rings (SSSR count). The number of rotatable bonds is 7. The molecule has 4 unspecified atom stereocenters. The zero-order chi connectivity index (χ0) is 21.9. The summed E-state index contributed by atoms with van der Waals surface area (Å²) >= 11 is 5.89. The van der Waals surface area contributed by atoms with Crippen LogP contribution in [0.25, 0.3) is 0 Å². The number of hydrogen-bond donors (Lipinski definition) is 2. The highest BCUT2D eigenvalue weighted by Gasteiger charge is 2.50. The molecule has 30 heavy (non-hydrogen) atoms. The zero-order valence-corrected chi connectivity index (χ0v) is 17.9. The van der Waals surface area contributed by atoms with Gasteiger partial charge in [-0.2, -0.15) is 0 Å². The minimum Gasteiger partial charge on any atom is -0.632 e. The van der Waals surface area contributed by atoms with Gasteiger partial charge in [-0.1, -0.05) is 30.7 Å². The van der Waals surface area contributed by atoms with E-state index in [1.54, 1.807) is 44.2 Å². The van der Waals surface area contributed by atoms with Crippen molar-refractivity contribution >= 4 is 23.7 Å². The van der Waals surface area contributed by atoms with Gasteiger partial charge in [-0.25, -0.2) is 9.59 Å². The van der Waals surface area contributed by atoms with Gasteiger partial charge in [0.2, 0.25) is 0 Å². The van der Waals surface area contributed by atoms with Gasteiger partial charge in [0.25, 0.3) is 0 Å². The first-order valence-corrected chi connectivity index (χ1v) is 10.5. The Balaban J connectivity index is 1.69. The minimum atomic E-state index is -1.82. The van der Waals surface area contributed by atoms with E-state index < -0.39 is 34.5 Å². The second kappa shape index (κ2) is 8.93. The van der Waals surface area contributed by atoms with E-state index in [2.05, 4.69) is 5.32 Å². The Kier molecular flexibility index (Phi) is 6.71. The lowest BCUT2D eigenvalue weighted by molar-refractivity contribution is -0.877. The predicted octanol–water partition coefficient (Wildman–Crippen LogP) is 2.62. The number of hydrogen-bond acceptors (Lipinski definition) is 6. The Bertz CT molecular complexity index is 829. The molecular weight excluding hydrogens is 412 g/mol. The van der Waals surface area contributed by atoms with Crippen LogP contribution in [0.3, 0.4) is 0 Å². The highest BCUT2D eigenvalue weighted by atomic mass is 35.5. The maximum atomic E-state index is 13.0. The molecule has 2 aliphatic heterocycles. The Morgan fingerprint density at radius 1 is 1.33 bits per heavy atom. The van der Waals surface area contributed by atoms with Crippen LogP contribution < -0.4 is 5.32 Å². The summed E-state index contributed by atoms with van der Waals surface area (Å²) in [5, 5.41) is 27.0. The van der Waals surface area contributed by atoms with Crippen molar-refractivity contribution < 1.29 is 28.8 Å². The molecule has 1 amide bonds. The van der Waals surface area contributed by atoms with E-state index in [1.807, 2.05) is 0 Å². The number of nitrogens with one attached hydrogen (secondary N) is 1. The molecule has 0 saturated carbocycles. The Labute approximate surface area is 180 Å². The van der Waals surface area contributed by atoms with Gasteiger partial charge in [-0.05, 0) is 37.1 Å². The van der Waals surface area contributed by atoms with E-state index in [0.717, 1.165) is 0 Å². The van der Waals surface area contributed by atoms with Gasteiger partial charge >= 0.3 is 12.1 Å². The second-order valence-corrected chi connectivity index (χ2v) is 8.08. The van der Waals surface area contributed by atoms with Crippen molar-refractivity contribution in [1.82, 2.24) is 5.32 Å². The normalized spacial score (nSPS) is 27.0. The van der Waals surface area contributed by atoms with Gasteiger partial charge in [0, 0.05) is 23.6 Å². The molecule has 1 fully saturated rings. The molecule has 0 bridgehead atoms. The number of esters is 1. The number of aliphatic hydroxyl groups is 1. The van der Waals surface area contributed by atoms with Crippen LogP contribution in [-0.4, -0.2) is 60.2 Å². The average molecular weight is 439 g/mol. The highest BCUT2D eigenvalue weighted by Crippen LogP contribution is 2.38. The molecule has 2 heterocycles. The lowest BCUT2D eigenvalue weighted by atomic mass is 9.91. The van der Waals surface area contributed by atoms with E-state index in [9.17, 15) is 19.9 Å². The standard InChI is InChI=1S/C21H27ClN2O6/c1-3-21(27,15-5-7-16(22)8-6-15)19(25)29-13-14-9-11-24(28)12-10-17(18(14)24)30-20(26)23-4-2/h5-9,17-18,27H,3-4,10-13H2,1-2H3,(H,23,26). The maximum Gasteiger partial charge on any atom is 0.407 e. The molecule has 0 aliphatic carbocycles. The molecule has 2 aliphatic rings. The minimum absolute atomic E-state index is 0.112. The molecule has 9 heteroatoms. The van der Waals surface area contributed by atoms with Gasteiger partial charge in [0.1, 0.15) is 6.61 Å². The lowest BCUT2D eigenvalue weighted by Gasteiger charge is -2.40. The van der Waals surface area contributed by atoms with Crippen molar-refractivity contribution in [3.8, 4) is 0 Å². The fraction of sp³-hybridized carbons (Fsp3) is 0.524. The summed E-state index contributed by atoms with van der Waals surface area (Å²) in [7, 11) is 0. The van der Waals surface area contributed by atoms with Gasteiger partial charge < -0.3 is 29.8 Å². The van der Waals surface area contributed by atoms with Crippen LogP contribution in [0.15, 0.2) is 35.9 Å². The van der Waals surface area contributed by atoms with Gasteiger partial charge in [-0.15, -0.1) is 0 Å². The fourth-order valence-electron chi connectivity index (χ4n) is 4.14. The Morgan fingerprint density at radius 2 is 2.03 bits per heavy atom. The summed E-state index contributed by atoms with van der Waals surface area (Å²) in [6.07, 6.45) is 1.15. The molecule has 1 saturated heterocycles. The van der Waals surface area contributed by atoms with Gasteiger partial charge in [0.05, 0.1) is 13.1 Å². The Morgan fingerprint density at radius 3 is 2.67 bits per heavy atom. The monoisotopic (exact) mass is 438 g/mol. The topological polar surface area (TPSA) is 108 Å². The molecule has 0 aromatic heterocycles. The maximum absolute atomic E-state index is 13.0. The third-order valence-corrected chi connectivity index (χ3v) is 6.07. The molecule has 1 aromatic rings. The largest absolute Gasteiger partial charge is 0.632 e. The molecule has 164 valence electrons. The smallest absolute Gasteiger partial charge is 0.407 e. The first-order valence-electron chi connectivity index (χ1n) is 10.1. The number of halogens is 1. The Hall–Kier alpha value is -2.13. The molecule has 0 radical (unpaired) electrons. The number of quaternary nitrogens is 1. The van der Waals surface area contributed by atoms with Crippen LogP contribution in [0.4, 0.5) is 4.79 Å². The highest BCUT2D eigenvalue weighted by molar-refractivity contribution is 6.30. The number of hydroxylamine groups is 3. The van der Waals surface area contributed by atoms with E-state index in [-0.39, 0.29) is 19.6 Å². The molecule has 8 nitrogen and oxygen atoms in total. The summed E-state index contributed by atoms with van der Waals surface area (Å²) in [5.74, 6) is -0.802.